The lowest BCUT2D eigenvalue weighted by Gasteiger charge is -2.13. The van der Waals surface area contributed by atoms with Gasteiger partial charge in [0.1, 0.15) is 18.5 Å². The van der Waals surface area contributed by atoms with Crippen molar-refractivity contribution >= 4 is 11.6 Å². The fourth-order valence-electron chi connectivity index (χ4n) is 2.64. The SMILES string of the molecule is O=C(Nc1cccc(OCC2CCCO2)c1)C1CCCO1. The summed E-state index contributed by atoms with van der Waals surface area (Å²) in [6.07, 6.45) is 3.77. The second-order valence-electron chi connectivity index (χ2n) is 5.46. The summed E-state index contributed by atoms with van der Waals surface area (Å²) >= 11 is 0. The number of benzene rings is 1. The van der Waals surface area contributed by atoms with Gasteiger partial charge in [0.15, 0.2) is 0 Å². The first-order valence-electron chi connectivity index (χ1n) is 7.58. The Bertz CT molecular complexity index is 479. The fourth-order valence-corrected chi connectivity index (χ4v) is 2.64. The van der Waals surface area contributed by atoms with E-state index in [9.17, 15) is 4.79 Å². The fraction of sp³-hybridized carbons (Fsp3) is 0.562. The molecular formula is C16H21NO4. The van der Waals surface area contributed by atoms with E-state index in [2.05, 4.69) is 5.32 Å². The van der Waals surface area contributed by atoms with Crippen molar-refractivity contribution in [3.8, 4) is 5.75 Å². The highest BCUT2D eigenvalue weighted by Crippen LogP contribution is 2.21. The minimum atomic E-state index is -0.318. The molecule has 0 aliphatic carbocycles. The maximum atomic E-state index is 12.0. The third-order valence-electron chi connectivity index (χ3n) is 3.78. The van der Waals surface area contributed by atoms with Crippen molar-refractivity contribution in [1.29, 1.82) is 0 Å². The molecule has 2 unspecified atom stereocenters. The summed E-state index contributed by atoms with van der Waals surface area (Å²) in [6, 6.07) is 7.44. The predicted octanol–water partition coefficient (Wildman–Crippen LogP) is 2.36. The lowest BCUT2D eigenvalue weighted by atomic mass is 10.2. The van der Waals surface area contributed by atoms with Crippen LogP contribution in [0.1, 0.15) is 25.7 Å². The van der Waals surface area contributed by atoms with Gasteiger partial charge in [-0.1, -0.05) is 6.07 Å². The number of amides is 1. The van der Waals surface area contributed by atoms with Crippen molar-refractivity contribution in [1.82, 2.24) is 0 Å². The Labute approximate surface area is 124 Å². The minimum absolute atomic E-state index is 0.0798. The van der Waals surface area contributed by atoms with Gasteiger partial charge in [0.05, 0.1) is 6.10 Å². The van der Waals surface area contributed by atoms with E-state index in [1.165, 1.54) is 0 Å². The van der Waals surface area contributed by atoms with Gasteiger partial charge in [0.25, 0.3) is 5.91 Å². The summed E-state index contributed by atoms with van der Waals surface area (Å²) < 4.78 is 16.6. The first-order chi connectivity index (χ1) is 10.3. The molecular weight excluding hydrogens is 270 g/mol. The average molecular weight is 291 g/mol. The second-order valence-corrected chi connectivity index (χ2v) is 5.46. The third kappa shape index (κ3) is 3.95. The molecule has 21 heavy (non-hydrogen) atoms. The molecule has 1 N–H and O–H groups in total. The van der Waals surface area contributed by atoms with Crippen molar-refractivity contribution in [2.24, 2.45) is 0 Å². The number of hydrogen-bond donors (Lipinski definition) is 1. The van der Waals surface area contributed by atoms with Crippen LogP contribution in [-0.4, -0.2) is 37.9 Å². The van der Waals surface area contributed by atoms with Crippen LogP contribution in [0.25, 0.3) is 0 Å². The van der Waals surface area contributed by atoms with Gasteiger partial charge in [-0.2, -0.15) is 0 Å². The van der Waals surface area contributed by atoms with Crippen LogP contribution in [0.2, 0.25) is 0 Å². The monoisotopic (exact) mass is 291 g/mol. The van der Waals surface area contributed by atoms with Crippen LogP contribution in [0.5, 0.6) is 5.75 Å². The smallest absolute Gasteiger partial charge is 0.253 e. The van der Waals surface area contributed by atoms with Gasteiger partial charge in [-0.25, -0.2) is 0 Å². The van der Waals surface area contributed by atoms with Crippen molar-refractivity contribution in [3.63, 3.8) is 0 Å². The Hall–Kier alpha value is -1.59. The van der Waals surface area contributed by atoms with Crippen molar-refractivity contribution < 1.29 is 19.0 Å². The van der Waals surface area contributed by atoms with E-state index in [0.717, 1.165) is 43.7 Å². The lowest BCUT2D eigenvalue weighted by molar-refractivity contribution is -0.124. The van der Waals surface area contributed by atoms with Gasteiger partial charge in [-0.3, -0.25) is 4.79 Å². The zero-order chi connectivity index (χ0) is 14.5. The zero-order valence-electron chi connectivity index (χ0n) is 12.0. The molecule has 2 heterocycles. The highest BCUT2D eigenvalue weighted by Gasteiger charge is 2.23. The summed E-state index contributed by atoms with van der Waals surface area (Å²) in [4.78, 5) is 12.0. The molecule has 1 aromatic carbocycles. The second kappa shape index (κ2) is 6.91. The number of hydrogen-bond acceptors (Lipinski definition) is 4. The van der Waals surface area contributed by atoms with Gasteiger partial charge < -0.3 is 19.5 Å². The van der Waals surface area contributed by atoms with Crippen molar-refractivity contribution in [2.75, 3.05) is 25.1 Å². The molecule has 3 rings (SSSR count). The molecule has 2 aliphatic rings. The Morgan fingerprint density at radius 2 is 2.10 bits per heavy atom. The molecule has 2 aliphatic heterocycles. The van der Waals surface area contributed by atoms with E-state index in [-0.39, 0.29) is 18.1 Å². The third-order valence-corrected chi connectivity index (χ3v) is 3.78. The number of carbonyl (C=O) groups is 1. The molecule has 0 radical (unpaired) electrons. The van der Waals surface area contributed by atoms with Crippen LogP contribution in [0.4, 0.5) is 5.69 Å². The number of nitrogens with one attached hydrogen (secondary N) is 1. The van der Waals surface area contributed by atoms with E-state index in [0.29, 0.717) is 13.2 Å². The van der Waals surface area contributed by atoms with Crippen molar-refractivity contribution in [3.05, 3.63) is 24.3 Å². The van der Waals surface area contributed by atoms with E-state index >= 15 is 0 Å². The van der Waals surface area contributed by atoms with E-state index < -0.39 is 0 Å². The van der Waals surface area contributed by atoms with E-state index in [1.54, 1.807) is 0 Å². The number of anilines is 1. The topological polar surface area (TPSA) is 56.8 Å². The van der Waals surface area contributed by atoms with Crippen LogP contribution in [-0.2, 0) is 14.3 Å². The quantitative estimate of drug-likeness (QED) is 0.905. The maximum Gasteiger partial charge on any atom is 0.253 e. The molecule has 2 saturated heterocycles. The molecule has 2 atom stereocenters. The Morgan fingerprint density at radius 1 is 1.24 bits per heavy atom. The molecule has 0 saturated carbocycles. The Kier molecular flexibility index (Phi) is 4.72. The largest absolute Gasteiger partial charge is 0.491 e. The Balaban J connectivity index is 1.53. The lowest BCUT2D eigenvalue weighted by Crippen LogP contribution is -2.26. The summed E-state index contributed by atoms with van der Waals surface area (Å²) in [5, 5.41) is 2.88. The van der Waals surface area contributed by atoms with Gasteiger partial charge in [0, 0.05) is 25.0 Å². The van der Waals surface area contributed by atoms with E-state index in [4.69, 9.17) is 14.2 Å². The van der Waals surface area contributed by atoms with E-state index in [1.807, 2.05) is 24.3 Å². The van der Waals surface area contributed by atoms with Crippen LogP contribution < -0.4 is 10.1 Å². The van der Waals surface area contributed by atoms with Gasteiger partial charge >= 0.3 is 0 Å². The number of carbonyl (C=O) groups excluding carboxylic acids is 1. The maximum absolute atomic E-state index is 12.0. The van der Waals surface area contributed by atoms with Crippen LogP contribution in [0, 0.1) is 0 Å². The normalized spacial score (nSPS) is 25.0. The van der Waals surface area contributed by atoms with Gasteiger partial charge in [-0.15, -0.1) is 0 Å². The standard InChI is InChI=1S/C16H21NO4/c18-16(15-7-3-9-20-15)17-12-4-1-5-13(10-12)21-11-14-6-2-8-19-14/h1,4-5,10,14-15H,2-3,6-9,11H2,(H,17,18). The molecule has 1 aromatic rings. The molecule has 0 aromatic heterocycles. The average Bonchev–Trinajstić information content (AvgIpc) is 3.19. The first-order valence-corrected chi connectivity index (χ1v) is 7.58. The highest BCUT2D eigenvalue weighted by atomic mass is 16.5. The first kappa shape index (κ1) is 14.4. The zero-order valence-corrected chi connectivity index (χ0v) is 12.0. The molecule has 114 valence electrons. The molecule has 1 amide bonds. The molecule has 5 heteroatoms. The van der Waals surface area contributed by atoms with Gasteiger partial charge in [0.2, 0.25) is 0 Å². The molecule has 2 fully saturated rings. The summed E-state index contributed by atoms with van der Waals surface area (Å²) in [6.45, 7) is 2.05. The number of rotatable bonds is 5. The van der Waals surface area contributed by atoms with Crippen LogP contribution >= 0.6 is 0 Å². The summed E-state index contributed by atoms with van der Waals surface area (Å²) in [5.74, 6) is 0.666. The molecule has 5 nitrogen and oxygen atoms in total. The number of ether oxygens (including phenoxy) is 3. The summed E-state index contributed by atoms with van der Waals surface area (Å²) in [7, 11) is 0. The summed E-state index contributed by atoms with van der Waals surface area (Å²) in [5.41, 5.74) is 0.736. The molecule has 0 spiro atoms. The van der Waals surface area contributed by atoms with Gasteiger partial charge in [-0.05, 0) is 37.8 Å². The Morgan fingerprint density at radius 3 is 2.86 bits per heavy atom. The molecule has 0 bridgehead atoms. The van der Waals surface area contributed by atoms with Crippen LogP contribution in [0.3, 0.4) is 0 Å². The highest BCUT2D eigenvalue weighted by molar-refractivity contribution is 5.94. The van der Waals surface area contributed by atoms with Crippen LogP contribution in [0.15, 0.2) is 24.3 Å². The predicted molar refractivity (Wildman–Crippen MR) is 78.5 cm³/mol. The van der Waals surface area contributed by atoms with Crippen molar-refractivity contribution in [2.45, 2.75) is 37.9 Å². The minimum Gasteiger partial charge on any atom is -0.491 e.